The lowest BCUT2D eigenvalue weighted by molar-refractivity contribution is -0.302. The summed E-state index contributed by atoms with van der Waals surface area (Å²) in [7, 11) is 0. The van der Waals surface area contributed by atoms with Crippen LogP contribution in [0, 0.1) is 0 Å². The molecule has 2 aromatic carbocycles. The van der Waals surface area contributed by atoms with E-state index in [2.05, 4.69) is 19.2 Å². The maximum Gasteiger partial charge on any atom is 0.250 e. The van der Waals surface area contributed by atoms with E-state index in [9.17, 15) is 30.0 Å². The Labute approximate surface area is 349 Å². The number of nitrogens with one attached hydrogen (secondary N) is 1. The first-order chi connectivity index (χ1) is 28.2. The van der Waals surface area contributed by atoms with Crippen molar-refractivity contribution in [1.82, 2.24) is 5.32 Å². The molecule has 0 bridgehead atoms. The van der Waals surface area contributed by atoms with Crippen LogP contribution in [-0.4, -0.2) is 81.1 Å². The molecule has 10 heteroatoms. The number of hydrogen-bond donors (Lipinski definition) is 5. The summed E-state index contributed by atoms with van der Waals surface area (Å²) in [5, 5.41) is 46.8. The average molecular weight is 812 g/mol. The zero-order valence-electron chi connectivity index (χ0n) is 35.7. The van der Waals surface area contributed by atoms with E-state index in [1.54, 1.807) is 0 Å². The van der Waals surface area contributed by atoms with Crippen LogP contribution in [0.2, 0.25) is 0 Å². The molecule has 5 N–H and O–H groups in total. The molecule has 0 spiro atoms. The highest BCUT2D eigenvalue weighted by molar-refractivity contribution is 5.88. The van der Waals surface area contributed by atoms with Gasteiger partial charge >= 0.3 is 0 Å². The molecule has 10 nitrogen and oxygen atoms in total. The normalized spacial score (nSPS) is 21.8. The third-order valence-electron chi connectivity index (χ3n) is 11.5. The van der Waals surface area contributed by atoms with Crippen LogP contribution in [-0.2, 0) is 37.0 Å². The molecule has 0 radical (unpaired) electrons. The van der Waals surface area contributed by atoms with Crippen LogP contribution in [0.15, 0.2) is 60.7 Å². The van der Waals surface area contributed by atoms with E-state index in [0.717, 1.165) is 56.1 Å². The summed E-state index contributed by atoms with van der Waals surface area (Å²) in [6.45, 7) is 4.25. The van der Waals surface area contributed by atoms with Crippen LogP contribution >= 0.6 is 0 Å². The molecule has 1 aliphatic rings. The number of ketones is 1. The van der Waals surface area contributed by atoms with Crippen molar-refractivity contribution >= 4 is 11.7 Å². The number of hydrogen-bond acceptors (Lipinski definition) is 9. The molecule has 1 heterocycles. The Morgan fingerprint density at radius 3 is 1.48 bits per heavy atom. The lowest BCUT2D eigenvalue weighted by atomic mass is 9.85. The molecule has 1 aliphatic heterocycles. The van der Waals surface area contributed by atoms with Crippen LogP contribution in [0.4, 0.5) is 0 Å². The van der Waals surface area contributed by atoms with E-state index in [1.807, 2.05) is 60.7 Å². The second kappa shape index (κ2) is 29.5. The van der Waals surface area contributed by atoms with Crippen molar-refractivity contribution in [1.29, 1.82) is 0 Å². The highest BCUT2D eigenvalue weighted by atomic mass is 16.7. The van der Waals surface area contributed by atoms with Gasteiger partial charge in [0.15, 0.2) is 5.78 Å². The molecule has 0 unspecified atom stereocenters. The molecule has 1 saturated heterocycles. The molecule has 1 fully saturated rings. The van der Waals surface area contributed by atoms with Gasteiger partial charge in [0.25, 0.3) is 5.79 Å². The molecule has 2 aromatic rings. The smallest absolute Gasteiger partial charge is 0.250 e. The summed E-state index contributed by atoms with van der Waals surface area (Å²) in [6, 6.07) is 17.7. The minimum atomic E-state index is -2.73. The number of aliphatic hydroxyl groups is 4. The quantitative estimate of drug-likeness (QED) is 0.0446. The van der Waals surface area contributed by atoms with Crippen molar-refractivity contribution in [3.05, 3.63) is 71.8 Å². The molecular formula is C48H77NO9. The van der Waals surface area contributed by atoms with E-state index >= 15 is 0 Å². The summed E-state index contributed by atoms with van der Waals surface area (Å²) in [5.74, 6) is -4.09. The van der Waals surface area contributed by atoms with Crippen molar-refractivity contribution in [3.8, 4) is 0 Å². The van der Waals surface area contributed by atoms with Crippen LogP contribution in [0.1, 0.15) is 166 Å². The van der Waals surface area contributed by atoms with Gasteiger partial charge in [-0.25, -0.2) is 0 Å². The number of rotatable bonds is 33. The molecule has 7 atom stereocenters. The molecule has 3 rings (SSSR count). The van der Waals surface area contributed by atoms with Crippen LogP contribution < -0.4 is 5.32 Å². The first kappa shape index (κ1) is 49.7. The average Bonchev–Trinajstić information content (AvgIpc) is 3.24. The van der Waals surface area contributed by atoms with E-state index in [-0.39, 0.29) is 19.4 Å². The minimum Gasteiger partial charge on any atom is -0.394 e. The van der Waals surface area contributed by atoms with Crippen molar-refractivity contribution in [2.24, 2.45) is 0 Å². The summed E-state index contributed by atoms with van der Waals surface area (Å²) < 4.78 is 18.3. The predicted molar refractivity (Wildman–Crippen MR) is 229 cm³/mol. The fourth-order valence-corrected chi connectivity index (χ4v) is 7.81. The summed E-state index contributed by atoms with van der Waals surface area (Å²) >= 11 is 0. The van der Waals surface area contributed by atoms with Gasteiger partial charge in [0, 0.05) is 6.42 Å². The van der Waals surface area contributed by atoms with Gasteiger partial charge in [0.05, 0.1) is 38.4 Å². The Kier molecular flexibility index (Phi) is 25.3. The Balaban J connectivity index is 1.68. The summed E-state index contributed by atoms with van der Waals surface area (Å²) in [5.41, 5.74) is 1.91. The lowest BCUT2D eigenvalue weighted by Crippen LogP contribution is -2.73. The Morgan fingerprint density at radius 2 is 1.05 bits per heavy atom. The third-order valence-corrected chi connectivity index (χ3v) is 11.5. The molecule has 328 valence electrons. The Morgan fingerprint density at radius 1 is 0.638 bits per heavy atom. The van der Waals surface area contributed by atoms with E-state index < -0.39 is 60.6 Å². The molecule has 1 amide bonds. The highest BCUT2D eigenvalue weighted by Crippen LogP contribution is 2.32. The number of carbonyl (C=O) groups excluding carboxylic acids is 2. The van der Waals surface area contributed by atoms with Gasteiger partial charge in [-0.15, -0.1) is 0 Å². The fourth-order valence-electron chi connectivity index (χ4n) is 7.81. The number of ether oxygens (including phenoxy) is 3. The Bertz CT molecular complexity index is 1350. The Hall–Kier alpha value is -2.70. The largest absolute Gasteiger partial charge is 0.394 e. The van der Waals surface area contributed by atoms with Gasteiger partial charge in [-0.2, -0.15) is 0 Å². The number of unbranched alkanes of at least 4 members (excludes halogenated alkanes) is 16. The van der Waals surface area contributed by atoms with Gasteiger partial charge in [0.2, 0.25) is 5.91 Å². The van der Waals surface area contributed by atoms with Crippen LogP contribution in [0.5, 0.6) is 0 Å². The lowest BCUT2D eigenvalue weighted by Gasteiger charge is -2.47. The first-order valence-electron chi connectivity index (χ1n) is 22.7. The second-order valence-corrected chi connectivity index (χ2v) is 16.5. The monoisotopic (exact) mass is 812 g/mol. The topological polar surface area (TPSA) is 155 Å². The van der Waals surface area contributed by atoms with Gasteiger partial charge in [0.1, 0.15) is 24.4 Å². The molecule has 0 aromatic heterocycles. The third kappa shape index (κ3) is 18.7. The van der Waals surface area contributed by atoms with Gasteiger partial charge in [-0.1, -0.05) is 190 Å². The number of aliphatic hydroxyl groups excluding tert-OH is 3. The maximum absolute atomic E-state index is 14.2. The predicted octanol–water partition coefficient (Wildman–Crippen LogP) is 8.63. The maximum atomic E-state index is 14.2. The standard InChI is InChI=1S/C48H77NO9/c1-3-5-7-9-11-13-15-17-25-31-40(56-36-38-27-21-19-22-28-38)33-43(51)48(55)47(46(54)45(53)42(35-50)58-48)49-44(52)34-41(57-37-39-29-23-20-24-30-39)32-26-18-16-14-12-10-8-6-4-2/h19-24,27-30,40-42,45-47,50,53-55H,3-18,25-26,31-37H2,1-2H3,(H,49,52)/t40-,41-,42-,45-,46+,47-,48+/m1/s1. The number of carbonyl (C=O) groups is 2. The molecule has 0 aliphatic carbocycles. The van der Waals surface area contributed by atoms with Gasteiger partial charge in [-0.3, -0.25) is 9.59 Å². The van der Waals surface area contributed by atoms with Crippen molar-refractivity contribution in [2.75, 3.05) is 6.61 Å². The summed E-state index contributed by atoms with van der Waals surface area (Å²) in [4.78, 5) is 27.9. The number of amides is 1. The van der Waals surface area contributed by atoms with E-state index in [0.29, 0.717) is 19.4 Å². The molecule has 58 heavy (non-hydrogen) atoms. The first-order valence-corrected chi connectivity index (χ1v) is 22.7. The van der Waals surface area contributed by atoms with Crippen molar-refractivity contribution in [3.63, 3.8) is 0 Å². The zero-order valence-corrected chi connectivity index (χ0v) is 35.7. The van der Waals surface area contributed by atoms with E-state index in [4.69, 9.17) is 14.2 Å². The molecule has 0 saturated carbocycles. The number of benzene rings is 2. The zero-order chi connectivity index (χ0) is 41.9. The van der Waals surface area contributed by atoms with Crippen molar-refractivity contribution in [2.45, 2.75) is 211 Å². The highest BCUT2D eigenvalue weighted by Gasteiger charge is 2.58. The van der Waals surface area contributed by atoms with Gasteiger partial charge in [-0.05, 0) is 24.0 Å². The van der Waals surface area contributed by atoms with Gasteiger partial charge < -0.3 is 40.0 Å². The van der Waals surface area contributed by atoms with Crippen molar-refractivity contribution < 1.29 is 44.2 Å². The fraction of sp³-hybridized carbons (Fsp3) is 0.708. The SMILES string of the molecule is CCCCCCCCCCC[C@H](CC(=O)N[C@@H]1[C@@H](O)[C@H](O)[C@@H](CO)O[C@@]1(O)C(=O)C[C@@H](CCCCCCCCCCC)OCc1ccccc1)OCc1ccccc1. The van der Waals surface area contributed by atoms with Crippen LogP contribution in [0.3, 0.4) is 0 Å². The number of Topliss-reactive ketones (excluding diaryl/α,β-unsaturated/α-hetero) is 1. The second-order valence-electron chi connectivity index (χ2n) is 16.5. The van der Waals surface area contributed by atoms with E-state index in [1.165, 1.54) is 70.6 Å². The van der Waals surface area contributed by atoms with Crippen LogP contribution in [0.25, 0.3) is 0 Å². The minimum absolute atomic E-state index is 0.0850. The molecular weight excluding hydrogens is 735 g/mol. The summed E-state index contributed by atoms with van der Waals surface area (Å²) in [6.07, 6.45) is 15.7.